The molecule has 2 rings (SSSR count). The Labute approximate surface area is 116 Å². The minimum atomic E-state index is 0.762. The summed E-state index contributed by atoms with van der Waals surface area (Å²) in [4.78, 5) is 2.38. The summed E-state index contributed by atoms with van der Waals surface area (Å²) in [6.07, 6.45) is 1.40. The minimum absolute atomic E-state index is 0.762. The summed E-state index contributed by atoms with van der Waals surface area (Å²) in [7, 11) is 4.15. The molecule has 0 spiro atoms. The normalized spacial score (nSPS) is 21.7. The van der Waals surface area contributed by atoms with Crippen LogP contribution in [-0.2, 0) is 6.54 Å². The highest BCUT2D eigenvalue weighted by Gasteiger charge is 2.32. The van der Waals surface area contributed by atoms with Gasteiger partial charge in [-0.1, -0.05) is 25.1 Å². The lowest BCUT2D eigenvalue weighted by molar-refractivity contribution is 0.229. The van der Waals surface area contributed by atoms with Crippen LogP contribution in [0, 0.1) is 11.8 Å². The number of nitrogens with zero attached hydrogens (tertiary/aromatic N) is 1. The van der Waals surface area contributed by atoms with Crippen molar-refractivity contribution in [3.63, 3.8) is 0 Å². The lowest BCUT2D eigenvalue weighted by atomic mass is 10.2. The van der Waals surface area contributed by atoms with E-state index in [2.05, 4.69) is 42.4 Å². The predicted octanol–water partition coefficient (Wildman–Crippen LogP) is 2.37. The number of hydrogen-bond acceptors (Lipinski definition) is 3. The Kier molecular flexibility index (Phi) is 5.23. The second-order valence-electron chi connectivity index (χ2n) is 5.72. The Balaban J connectivity index is 1.72. The highest BCUT2D eigenvalue weighted by molar-refractivity contribution is 5.33. The summed E-state index contributed by atoms with van der Waals surface area (Å²) in [5.41, 5.74) is 1.23. The number of hydrogen-bond donors (Lipinski definition) is 1. The van der Waals surface area contributed by atoms with Gasteiger partial charge in [-0.2, -0.15) is 0 Å². The maximum atomic E-state index is 5.91. The smallest absolute Gasteiger partial charge is 0.123 e. The standard InChI is InChI=1S/C16H26N2O/c1-13-10-15(13)12-18(3)8-9-19-16-7-5-4-6-14(16)11-17-2/h4-7,13,15,17H,8-12H2,1-3H3. The van der Waals surface area contributed by atoms with Gasteiger partial charge in [-0.15, -0.1) is 0 Å². The number of likely N-dealkylation sites (N-methyl/N-ethyl adjacent to an activating group) is 1. The molecule has 1 saturated carbocycles. The van der Waals surface area contributed by atoms with Gasteiger partial charge < -0.3 is 15.0 Å². The van der Waals surface area contributed by atoms with E-state index in [-0.39, 0.29) is 0 Å². The first-order chi connectivity index (χ1) is 9.20. The van der Waals surface area contributed by atoms with E-state index in [4.69, 9.17) is 4.74 Å². The minimum Gasteiger partial charge on any atom is -0.492 e. The van der Waals surface area contributed by atoms with Crippen LogP contribution < -0.4 is 10.1 Å². The van der Waals surface area contributed by atoms with Gasteiger partial charge in [0.05, 0.1) is 0 Å². The van der Waals surface area contributed by atoms with Crippen LogP contribution in [0.5, 0.6) is 5.75 Å². The third-order valence-electron chi connectivity index (χ3n) is 3.89. The van der Waals surface area contributed by atoms with Crippen LogP contribution in [0.4, 0.5) is 0 Å². The fraction of sp³-hybridized carbons (Fsp3) is 0.625. The van der Waals surface area contributed by atoms with E-state index in [1.165, 1.54) is 18.5 Å². The molecular formula is C16H26N2O. The van der Waals surface area contributed by atoms with Crippen molar-refractivity contribution in [2.24, 2.45) is 11.8 Å². The molecule has 1 fully saturated rings. The molecule has 1 aromatic rings. The lowest BCUT2D eigenvalue weighted by Crippen LogP contribution is -2.26. The van der Waals surface area contributed by atoms with Gasteiger partial charge in [0.2, 0.25) is 0 Å². The first kappa shape index (κ1) is 14.4. The Morgan fingerprint density at radius 3 is 2.79 bits per heavy atom. The molecule has 2 unspecified atom stereocenters. The number of rotatable bonds is 8. The molecule has 0 amide bonds. The summed E-state index contributed by atoms with van der Waals surface area (Å²) in [6.45, 7) is 6.16. The Morgan fingerprint density at radius 1 is 1.37 bits per heavy atom. The number of ether oxygens (including phenoxy) is 1. The van der Waals surface area contributed by atoms with E-state index in [9.17, 15) is 0 Å². The second kappa shape index (κ2) is 6.92. The monoisotopic (exact) mass is 262 g/mol. The van der Waals surface area contributed by atoms with Crippen molar-refractivity contribution < 1.29 is 4.74 Å². The Hall–Kier alpha value is -1.06. The van der Waals surface area contributed by atoms with Crippen molar-refractivity contribution in [3.05, 3.63) is 29.8 Å². The molecule has 0 bridgehead atoms. The van der Waals surface area contributed by atoms with Crippen molar-refractivity contribution >= 4 is 0 Å². The maximum Gasteiger partial charge on any atom is 0.123 e. The molecule has 0 aromatic heterocycles. The van der Waals surface area contributed by atoms with Crippen LogP contribution in [0.2, 0.25) is 0 Å². The molecule has 1 aliphatic rings. The molecule has 106 valence electrons. The van der Waals surface area contributed by atoms with Crippen LogP contribution >= 0.6 is 0 Å². The third-order valence-corrected chi connectivity index (χ3v) is 3.89. The first-order valence-electron chi connectivity index (χ1n) is 7.24. The first-order valence-corrected chi connectivity index (χ1v) is 7.24. The quantitative estimate of drug-likeness (QED) is 0.778. The second-order valence-corrected chi connectivity index (χ2v) is 5.72. The highest BCUT2D eigenvalue weighted by atomic mass is 16.5. The number of benzene rings is 1. The van der Waals surface area contributed by atoms with Gasteiger partial charge in [0, 0.05) is 25.2 Å². The van der Waals surface area contributed by atoms with Gasteiger partial charge in [0.15, 0.2) is 0 Å². The Morgan fingerprint density at radius 2 is 2.11 bits per heavy atom. The van der Waals surface area contributed by atoms with Crippen molar-refractivity contribution in [1.29, 1.82) is 0 Å². The predicted molar refractivity (Wildman–Crippen MR) is 79.5 cm³/mol. The molecule has 19 heavy (non-hydrogen) atoms. The number of nitrogens with one attached hydrogen (secondary N) is 1. The van der Waals surface area contributed by atoms with E-state index < -0.39 is 0 Å². The molecule has 2 atom stereocenters. The van der Waals surface area contributed by atoms with E-state index >= 15 is 0 Å². The molecule has 1 N–H and O–H groups in total. The van der Waals surface area contributed by atoms with Crippen LogP contribution in [0.15, 0.2) is 24.3 Å². The van der Waals surface area contributed by atoms with Gasteiger partial charge in [-0.3, -0.25) is 0 Å². The molecule has 0 aliphatic heterocycles. The molecule has 0 radical (unpaired) electrons. The maximum absolute atomic E-state index is 5.91. The average molecular weight is 262 g/mol. The summed E-state index contributed by atoms with van der Waals surface area (Å²) in [5, 5.41) is 3.17. The third kappa shape index (κ3) is 4.51. The van der Waals surface area contributed by atoms with Crippen molar-refractivity contribution in [2.45, 2.75) is 19.9 Å². The molecule has 3 nitrogen and oxygen atoms in total. The summed E-state index contributed by atoms with van der Waals surface area (Å²) >= 11 is 0. The summed E-state index contributed by atoms with van der Waals surface area (Å²) in [6, 6.07) is 8.25. The van der Waals surface area contributed by atoms with E-state index in [0.29, 0.717) is 0 Å². The molecule has 0 saturated heterocycles. The SMILES string of the molecule is CNCc1ccccc1OCCN(C)CC1CC1C. The molecule has 1 aliphatic carbocycles. The van der Waals surface area contributed by atoms with Crippen LogP contribution in [0.25, 0.3) is 0 Å². The molecule has 1 aromatic carbocycles. The van der Waals surface area contributed by atoms with E-state index in [0.717, 1.165) is 37.3 Å². The zero-order valence-electron chi connectivity index (χ0n) is 12.4. The zero-order chi connectivity index (χ0) is 13.7. The van der Waals surface area contributed by atoms with Crippen molar-refractivity contribution in [3.8, 4) is 5.75 Å². The van der Waals surface area contributed by atoms with Gasteiger partial charge in [0.25, 0.3) is 0 Å². The van der Waals surface area contributed by atoms with Gasteiger partial charge in [0.1, 0.15) is 12.4 Å². The zero-order valence-corrected chi connectivity index (χ0v) is 12.4. The average Bonchev–Trinajstić information content (AvgIpc) is 3.07. The lowest BCUT2D eigenvalue weighted by Gasteiger charge is -2.17. The molecular weight excluding hydrogens is 236 g/mol. The Bertz CT molecular complexity index is 394. The van der Waals surface area contributed by atoms with Gasteiger partial charge >= 0.3 is 0 Å². The number of para-hydroxylation sites is 1. The molecule has 0 heterocycles. The van der Waals surface area contributed by atoms with Gasteiger partial charge in [-0.05, 0) is 38.4 Å². The molecule has 3 heteroatoms. The van der Waals surface area contributed by atoms with Crippen molar-refractivity contribution in [1.82, 2.24) is 10.2 Å². The van der Waals surface area contributed by atoms with Crippen LogP contribution in [-0.4, -0.2) is 38.7 Å². The summed E-state index contributed by atoms with van der Waals surface area (Å²) < 4.78 is 5.91. The van der Waals surface area contributed by atoms with Crippen LogP contribution in [0.1, 0.15) is 18.9 Å². The van der Waals surface area contributed by atoms with E-state index in [1.807, 2.05) is 13.1 Å². The van der Waals surface area contributed by atoms with Gasteiger partial charge in [-0.25, -0.2) is 0 Å². The fourth-order valence-corrected chi connectivity index (χ4v) is 2.44. The van der Waals surface area contributed by atoms with Crippen molar-refractivity contribution in [2.75, 3.05) is 33.8 Å². The van der Waals surface area contributed by atoms with Crippen LogP contribution in [0.3, 0.4) is 0 Å². The fourth-order valence-electron chi connectivity index (χ4n) is 2.44. The summed E-state index contributed by atoms with van der Waals surface area (Å²) in [5.74, 6) is 2.85. The highest BCUT2D eigenvalue weighted by Crippen LogP contribution is 2.37. The topological polar surface area (TPSA) is 24.5 Å². The van der Waals surface area contributed by atoms with E-state index in [1.54, 1.807) is 0 Å². The largest absolute Gasteiger partial charge is 0.492 e.